The van der Waals surface area contributed by atoms with Gasteiger partial charge in [-0.05, 0) is 39.2 Å². The van der Waals surface area contributed by atoms with Gasteiger partial charge in [0.25, 0.3) is 0 Å². The zero-order valence-electron chi connectivity index (χ0n) is 9.51. The molecule has 0 unspecified atom stereocenters. The molecule has 2 rings (SSSR count). The van der Waals surface area contributed by atoms with E-state index < -0.39 is 0 Å². The van der Waals surface area contributed by atoms with Gasteiger partial charge in [-0.25, -0.2) is 0 Å². The highest BCUT2D eigenvalue weighted by Crippen LogP contribution is 2.52. The monoisotopic (exact) mass is 209 g/mol. The Labute approximate surface area is 90.9 Å². The molecule has 1 N–H and O–H groups in total. The van der Waals surface area contributed by atoms with E-state index in [4.69, 9.17) is 4.74 Å². The third-order valence-corrected chi connectivity index (χ3v) is 3.46. The molecule has 3 heteroatoms. The van der Waals surface area contributed by atoms with Crippen LogP contribution in [0.2, 0.25) is 0 Å². The summed E-state index contributed by atoms with van der Waals surface area (Å²) in [4.78, 5) is 11.1. The molecule has 2 aliphatic rings. The maximum atomic E-state index is 11.1. The molecule has 1 saturated heterocycles. The van der Waals surface area contributed by atoms with Crippen LogP contribution in [0.25, 0.3) is 0 Å². The van der Waals surface area contributed by atoms with Gasteiger partial charge in [0.2, 0.25) is 5.91 Å². The maximum absolute atomic E-state index is 11.1. The van der Waals surface area contributed by atoms with Crippen LogP contribution in [0.4, 0.5) is 0 Å². The minimum absolute atomic E-state index is 0.0212. The van der Waals surface area contributed by atoms with Crippen LogP contribution in [-0.2, 0) is 9.53 Å². The van der Waals surface area contributed by atoms with Crippen molar-refractivity contribution in [3.8, 4) is 0 Å². The largest absolute Gasteiger partial charge is 0.375 e. The molecule has 84 valence electrons. The Kier molecular flexibility index (Phi) is 2.38. The summed E-state index contributed by atoms with van der Waals surface area (Å²) in [6, 6.07) is 0.327. The van der Waals surface area contributed by atoms with E-state index in [1.165, 1.54) is 6.08 Å². The molecule has 0 aromatic heterocycles. The Hall–Kier alpha value is -0.830. The van der Waals surface area contributed by atoms with Gasteiger partial charge in [0.1, 0.15) is 0 Å². The third-order valence-electron chi connectivity index (χ3n) is 3.46. The average Bonchev–Trinajstić information content (AvgIpc) is 2.41. The molecule has 1 spiro atoms. The Balaban J connectivity index is 1.83. The van der Waals surface area contributed by atoms with Crippen LogP contribution < -0.4 is 5.32 Å². The summed E-state index contributed by atoms with van der Waals surface area (Å²) in [5.74, 6) is -0.0620. The van der Waals surface area contributed by atoms with Gasteiger partial charge >= 0.3 is 0 Å². The normalized spacial score (nSPS) is 37.3. The van der Waals surface area contributed by atoms with E-state index in [9.17, 15) is 4.79 Å². The highest BCUT2D eigenvalue weighted by molar-refractivity contribution is 5.87. The lowest BCUT2D eigenvalue weighted by atomic mass is 9.63. The van der Waals surface area contributed by atoms with Crippen LogP contribution in [0.1, 0.15) is 33.1 Å². The van der Waals surface area contributed by atoms with Gasteiger partial charge in [0.05, 0.1) is 12.2 Å². The standard InChI is InChI=1S/C12H19NO2/c1-4-10(14)13-9-5-12(6-9)7-11(2,3)15-8-12/h4,9H,1,5-8H2,2-3H3,(H,13,14). The number of carbonyl (C=O) groups is 1. The fourth-order valence-corrected chi connectivity index (χ4v) is 2.96. The van der Waals surface area contributed by atoms with E-state index in [2.05, 4.69) is 25.7 Å². The zero-order valence-corrected chi connectivity index (χ0v) is 9.51. The predicted molar refractivity (Wildman–Crippen MR) is 58.4 cm³/mol. The van der Waals surface area contributed by atoms with Crippen molar-refractivity contribution in [2.24, 2.45) is 5.41 Å². The highest BCUT2D eigenvalue weighted by Gasteiger charge is 2.52. The molecule has 1 aliphatic heterocycles. The van der Waals surface area contributed by atoms with Gasteiger partial charge in [-0.15, -0.1) is 0 Å². The molecule has 0 bridgehead atoms. The van der Waals surface area contributed by atoms with Gasteiger partial charge in [0.15, 0.2) is 0 Å². The van der Waals surface area contributed by atoms with Gasteiger partial charge in [-0.1, -0.05) is 6.58 Å². The molecular weight excluding hydrogens is 190 g/mol. The number of nitrogens with one attached hydrogen (secondary N) is 1. The number of hydrogen-bond donors (Lipinski definition) is 1. The van der Waals surface area contributed by atoms with Crippen LogP contribution in [-0.4, -0.2) is 24.2 Å². The molecule has 0 atom stereocenters. The van der Waals surface area contributed by atoms with Gasteiger partial charge in [-0.2, -0.15) is 0 Å². The predicted octanol–water partition coefficient (Wildman–Crippen LogP) is 1.64. The van der Waals surface area contributed by atoms with E-state index in [1.807, 2.05) is 0 Å². The summed E-state index contributed by atoms with van der Waals surface area (Å²) >= 11 is 0. The quantitative estimate of drug-likeness (QED) is 0.702. The van der Waals surface area contributed by atoms with E-state index in [-0.39, 0.29) is 11.5 Å². The smallest absolute Gasteiger partial charge is 0.243 e. The third kappa shape index (κ3) is 2.07. The lowest BCUT2D eigenvalue weighted by Gasteiger charge is -2.44. The number of hydrogen-bond acceptors (Lipinski definition) is 2. The van der Waals surface area contributed by atoms with Crippen molar-refractivity contribution in [1.29, 1.82) is 0 Å². The van der Waals surface area contributed by atoms with Crippen molar-refractivity contribution in [2.75, 3.05) is 6.61 Å². The lowest BCUT2D eigenvalue weighted by Crippen LogP contribution is -2.51. The first-order valence-electron chi connectivity index (χ1n) is 5.52. The maximum Gasteiger partial charge on any atom is 0.243 e. The molecule has 15 heavy (non-hydrogen) atoms. The highest BCUT2D eigenvalue weighted by atomic mass is 16.5. The van der Waals surface area contributed by atoms with Crippen molar-refractivity contribution < 1.29 is 9.53 Å². The summed E-state index contributed by atoms with van der Waals surface area (Å²) in [5.41, 5.74) is 0.357. The Morgan fingerprint density at radius 2 is 2.20 bits per heavy atom. The lowest BCUT2D eigenvalue weighted by molar-refractivity contribution is -0.118. The molecular formula is C12H19NO2. The Bertz CT molecular complexity index is 290. The van der Waals surface area contributed by atoms with E-state index >= 15 is 0 Å². The SMILES string of the molecule is C=CC(=O)NC1CC2(COC(C)(C)C2)C1. The van der Waals surface area contributed by atoms with Gasteiger partial charge in [0, 0.05) is 11.5 Å². The second-order valence-electron chi connectivity index (χ2n) is 5.54. The first kappa shape index (κ1) is 10.7. The fourth-order valence-electron chi connectivity index (χ4n) is 2.96. The Morgan fingerprint density at radius 3 is 2.67 bits per heavy atom. The fraction of sp³-hybridized carbons (Fsp3) is 0.750. The average molecular weight is 209 g/mol. The van der Waals surface area contributed by atoms with Crippen molar-refractivity contribution in [3.05, 3.63) is 12.7 Å². The molecule has 0 aromatic rings. The van der Waals surface area contributed by atoms with Crippen LogP contribution in [0.5, 0.6) is 0 Å². The van der Waals surface area contributed by atoms with E-state index in [1.54, 1.807) is 0 Å². The molecule has 3 nitrogen and oxygen atoms in total. The molecule has 2 fully saturated rings. The summed E-state index contributed by atoms with van der Waals surface area (Å²) in [6.07, 6.45) is 4.55. The molecule has 1 amide bonds. The van der Waals surface area contributed by atoms with Gasteiger partial charge < -0.3 is 10.1 Å². The van der Waals surface area contributed by atoms with Crippen molar-refractivity contribution in [3.63, 3.8) is 0 Å². The minimum Gasteiger partial charge on any atom is -0.375 e. The number of ether oxygens (including phenoxy) is 1. The van der Waals surface area contributed by atoms with Crippen molar-refractivity contribution in [2.45, 2.75) is 44.8 Å². The first-order valence-corrected chi connectivity index (χ1v) is 5.52. The van der Waals surface area contributed by atoms with Crippen molar-refractivity contribution >= 4 is 5.91 Å². The second-order valence-corrected chi connectivity index (χ2v) is 5.54. The van der Waals surface area contributed by atoms with Crippen LogP contribution in [0.15, 0.2) is 12.7 Å². The zero-order chi connectivity index (χ0) is 11.1. The minimum atomic E-state index is -0.0620. The van der Waals surface area contributed by atoms with Crippen LogP contribution >= 0.6 is 0 Å². The Morgan fingerprint density at radius 1 is 1.53 bits per heavy atom. The number of amides is 1. The van der Waals surface area contributed by atoms with E-state index in [0.29, 0.717) is 11.5 Å². The molecule has 1 saturated carbocycles. The number of rotatable bonds is 2. The topological polar surface area (TPSA) is 38.3 Å². The summed E-state index contributed by atoms with van der Waals surface area (Å²) in [7, 11) is 0. The van der Waals surface area contributed by atoms with Crippen LogP contribution in [0, 0.1) is 5.41 Å². The summed E-state index contributed by atoms with van der Waals surface area (Å²) < 4.78 is 5.74. The summed E-state index contributed by atoms with van der Waals surface area (Å²) in [5, 5.41) is 2.93. The van der Waals surface area contributed by atoms with E-state index in [0.717, 1.165) is 25.9 Å². The molecule has 1 heterocycles. The first-order chi connectivity index (χ1) is 6.95. The summed E-state index contributed by atoms with van der Waals surface area (Å²) in [6.45, 7) is 8.57. The number of carbonyl (C=O) groups excluding carboxylic acids is 1. The van der Waals surface area contributed by atoms with Crippen LogP contribution in [0.3, 0.4) is 0 Å². The second kappa shape index (κ2) is 3.34. The molecule has 1 aliphatic carbocycles. The molecule has 0 radical (unpaired) electrons. The van der Waals surface area contributed by atoms with Gasteiger partial charge in [-0.3, -0.25) is 4.79 Å². The molecule has 0 aromatic carbocycles. The van der Waals surface area contributed by atoms with Crippen molar-refractivity contribution in [1.82, 2.24) is 5.32 Å².